The van der Waals surface area contributed by atoms with Crippen molar-refractivity contribution in [3.8, 4) is 22.4 Å². The standard InChI is InChI=1S/C23H18FN3O2S/c1-11(2)18-19(14-4-3-5-17-20(14)26-10-30-17)22(23(28)29)27-21(18)15-8-12(24)9-16-13(15)6-7-25-16/h3-11,25,27H,1-2H3,(H,28,29). The van der Waals surface area contributed by atoms with Crippen molar-refractivity contribution in [3.63, 3.8) is 0 Å². The Morgan fingerprint density at radius 1 is 1.20 bits per heavy atom. The number of halogens is 1. The highest BCUT2D eigenvalue weighted by molar-refractivity contribution is 7.16. The maximum Gasteiger partial charge on any atom is 0.352 e. The Morgan fingerprint density at radius 2 is 2.03 bits per heavy atom. The molecule has 5 aromatic rings. The van der Waals surface area contributed by atoms with Crippen molar-refractivity contribution in [2.24, 2.45) is 0 Å². The van der Waals surface area contributed by atoms with Gasteiger partial charge >= 0.3 is 5.97 Å². The average molecular weight is 419 g/mol. The molecule has 0 saturated carbocycles. The number of aromatic amines is 2. The number of fused-ring (bicyclic) bond motifs is 2. The number of para-hydroxylation sites is 1. The number of rotatable bonds is 4. The third kappa shape index (κ3) is 2.74. The predicted octanol–water partition coefficient (Wildman–Crippen LogP) is 6.40. The second-order valence-corrected chi connectivity index (χ2v) is 8.41. The number of thiazole rings is 1. The highest BCUT2D eigenvalue weighted by atomic mass is 32.1. The molecule has 5 nitrogen and oxygen atoms in total. The number of hydrogen-bond donors (Lipinski definition) is 3. The fourth-order valence-corrected chi connectivity index (χ4v) is 4.87. The van der Waals surface area contributed by atoms with Crippen LogP contribution in [0.25, 0.3) is 43.5 Å². The Balaban J connectivity index is 1.91. The molecule has 0 aliphatic carbocycles. The molecular formula is C23H18FN3O2S. The Labute approximate surface area is 175 Å². The molecule has 0 saturated heterocycles. The average Bonchev–Trinajstić information content (AvgIpc) is 3.43. The fraction of sp³-hybridized carbons (Fsp3) is 0.130. The molecule has 0 bridgehead atoms. The van der Waals surface area contributed by atoms with Crippen LogP contribution < -0.4 is 0 Å². The van der Waals surface area contributed by atoms with Crippen LogP contribution in [0.4, 0.5) is 4.39 Å². The minimum atomic E-state index is -1.06. The number of carboxylic acid groups (broad SMARTS) is 1. The lowest BCUT2D eigenvalue weighted by Gasteiger charge is -2.13. The summed E-state index contributed by atoms with van der Waals surface area (Å²) in [6.45, 7) is 4.02. The van der Waals surface area contributed by atoms with E-state index in [-0.39, 0.29) is 17.4 Å². The summed E-state index contributed by atoms with van der Waals surface area (Å²) >= 11 is 1.51. The Kier molecular flexibility index (Phi) is 4.22. The van der Waals surface area contributed by atoms with E-state index in [0.29, 0.717) is 22.3 Å². The molecule has 0 aliphatic rings. The van der Waals surface area contributed by atoms with Crippen molar-refractivity contribution >= 4 is 38.4 Å². The zero-order valence-electron chi connectivity index (χ0n) is 16.3. The summed E-state index contributed by atoms with van der Waals surface area (Å²) < 4.78 is 15.4. The predicted molar refractivity (Wildman–Crippen MR) is 118 cm³/mol. The van der Waals surface area contributed by atoms with Gasteiger partial charge in [-0.2, -0.15) is 0 Å². The third-order valence-electron chi connectivity index (χ3n) is 5.36. The van der Waals surface area contributed by atoms with Crippen molar-refractivity contribution in [1.29, 1.82) is 0 Å². The largest absolute Gasteiger partial charge is 0.477 e. The summed E-state index contributed by atoms with van der Waals surface area (Å²) in [7, 11) is 0. The lowest BCUT2D eigenvalue weighted by atomic mass is 9.90. The second kappa shape index (κ2) is 6.81. The first-order valence-electron chi connectivity index (χ1n) is 9.54. The van der Waals surface area contributed by atoms with Gasteiger partial charge in [0.15, 0.2) is 0 Å². The smallest absolute Gasteiger partial charge is 0.352 e. The highest BCUT2D eigenvalue weighted by Crippen LogP contribution is 2.44. The van der Waals surface area contributed by atoms with Gasteiger partial charge in [-0.15, -0.1) is 11.3 Å². The number of nitrogens with one attached hydrogen (secondary N) is 2. The number of benzene rings is 2. The first kappa shape index (κ1) is 18.6. The van der Waals surface area contributed by atoms with E-state index >= 15 is 0 Å². The number of aromatic carboxylic acids is 1. The molecule has 5 rings (SSSR count). The van der Waals surface area contributed by atoms with Gasteiger partial charge in [-0.3, -0.25) is 0 Å². The number of aromatic nitrogens is 3. The van der Waals surface area contributed by atoms with E-state index in [1.54, 1.807) is 11.7 Å². The molecule has 3 heterocycles. The zero-order valence-corrected chi connectivity index (χ0v) is 17.1. The Hall–Kier alpha value is -3.45. The van der Waals surface area contributed by atoms with Gasteiger partial charge in [-0.25, -0.2) is 14.2 Å². The molecule has 0 radical (unpaired) electrons. The van der Waals surface area contributed by atoms with Gasteiger partial charge < -0.3 is 15.1 Å². The first-order chi connectivity index (χ1) is 14.5. The quantitative estimate of drug-likeness (QED) is 0.315. The van der Waals surface area contributed by atoms with Crippen LogP contribution in [0.2, 0.25) is 0 Å². The zero-order chi connectivity index (χ0) is 21.0. The number of hydrogen-bond acceptors (Lipinski definition) is 3. The van der Waals surface area contributed by atoms with Crippen LogP contribution in [-0.4, -0.2) is 26.0 Å². The molecule has 2 aromatic carbocycles. The van der Waals surface area contributed by atoms with Gasteiger partial charge in [-0.05, 0) is 35.7 Å². The van der Waals surface area contributed by atoms with Gasteiger partial charge in [0.1, 0.15) is 11.5 Å². The Morgan fingerprint density at radius 3 is 2.80 bits per heavy atom. The van der Waals surface area contributed by atoms with Crippen molar-refractivity contribution in [1.82, 2.24) is 15.0 Å². The monoisotopic (exact) mass is 419 g/mol. The number of H-pyrrole nitrogens is 2. The van der Waals surface area contributed by atoms with E-state index in [9.17, 15) is 14.3 Å². The summed E-state index contributed by atoms with van der Waals surface area (Å²) in [6.07, 6.45) is 1.75. The minimum absolute atomic E-state index is 0.00880. The molecule has 150 valence electrons. The number of nitrogens with zero attached hydrogens (tertiary/aromatic N) is 1. The Bertz CT molecular complexity index is 1430. The minimum Gasteiger partial charge on any atom is -0.477 e. The lowest BCUT2D eigenvalue weighted by Crippen LogP contribution is -2.00. The molecule has 0 atom stereocenters. The van der Waals surface area contributed by atoms with Crippen LogP contribution in [0.1, 0.15) is 35.8 Å². The summed E-state index contributed by atoms with van der Waals surface area (Å²) in [5.41, 5.74) is 6.73. The SMILES string of the molecule is CC(C)c1c(-c2cc(F)cc3[nH]ccc23)[nH]c(C(=O)O)c1-c1cccc2scnc12. The maximum atomic E-state index is 14.4. The molecule has 3 aromatic heterocycles. The molecule has 0 spiro atoms. The second-order valence-electron chi connectivity index (χ2n) is 7.52. The molecule has 0 fully saturated rings. The van der Waals surface area contributed by atoms with Gasteiger partial charge in [0.25, 0.3) is 0 Å². The van der Waals surface area contributed by atoms with Crippen LogP contribution in [-0.2, 0) is 0 Å². The fourth-order valence-electron chi connectivity index (χ4n) is 4.17. The molecule has 0 amide bonds. The van der Waals surface area contributed by atoms with E-state index < -0.39 is 5.97 Å². The summed E-state index contributed by atoms with van der Waals surface area (Å²) in [4.78, 5) is 22.9. The van der Waals surface area contributed by atoms with E-state index in [4.69, 9.17) is 0 Å². The van der Waals surface area contributed by atoms with Crippen molar-refractivity contribution in [2.45, 2.75) is 19.8 Å². The van der Waals surface area contributed by atoms with Crippen LogP contribution in [0.3, 0.4) is 0 Å². The lowest BCUT2D eigenvalue weighted by molar-refractivity contribution is 0.0692. The molecule has 30 heavy (non-hydrogen) atoms. The maximum absolute atomic E-state index is 14.4. The van der Waals surface area contributed by atoms with Crippen LogP contribution in [0.15, 0.2) is 48.1 Å². The van der Waals surface area contributed by atoms with E-state index in [2.05, 4.69) is 15.0 Å². The van der Waals surface area contributed by atoms with Gasteiger partial charge in [0.2, 0.25) is 0 Å². The van der Waals surface area contributed by atoms with E-state index in [1.165, 1.54) is 23.5 Å². The van der Waals surface area contributed by atoms with E-state index in [1.807, 2.05) is 38.1 Å². The van der Waals surface area contributed by atoms with Crippen LogP contribution in [0.5, 0.6) is 0 Å². The first-order valence-corrected chi connectivity index (χ1v) is 10.4. The summed E-state index contributed by atoms with van der Waals surface area (Å²) in [6, 6.07) is 10.5. The van der Waals surface area contributed by atoms with E-state index in [0.717, 1.165) is 26.7 Å². The van der Waals surface area contributed by atoms with Crippen molar-refractivity contribution < 1.29 is 14.3 Å². The van der Waals surface area contributed by atoms with Crippen molar-refractivity contribution in [3.05, 3.63) is 65.2 Å². The molecule has 0 aliphatic heterocycles. The molecule has 3 N–H and O–H groups in total. The van der Waals surface area contributed by atoms with Gasteiger partial charge in [0.05, 0.1) is 21.4 Å². The van der Waals surface area contributed by atoms with Crippen molar-refractivity contribution in [2.75, 3.05) is 0 Å². The molecule has 7 heteroatoms. The number of carbonyl (C=O) groups is 1. The van der Waals surface area contributed by atoms with Crippen LogP contribution >= 0.6 is 11.3 Å². The third-order valence-corrected chi connectivity index (χ3v) is 6.16. The van der Waals surface area contributed by atoms with Gasteiger partial charge in [0, 0.05) is 33.8 Å². The highest BCUT2D eigenvalue weighted by Gasteiger charge is 2.28. The summed E-state index contributed by atoms with van der Waals surface area (Å²) in [5, 5.41) is 10.8. The molecule has 0 unspecified atom stereocenters. The van der Waals surface area contributed by atoms with Gasteiger partial charge in [-0.1, -0.05) is 26.0 Å². The topological polar surface area (TPSA) is 81.8 Å². The van der Waals surface area contributed by atoms with Crippen LogP contribution in [0, 0.1) is 5.82 Å². The number of carboxylic acids is 1. The summed E-state index contributed by atoms with van der Waals surface area (Å²) in [5.74, 6) is -1.46. The normalized spacial score (nSPS) is 11.7. The molecular weight excluding hydrogens is 401 g/mol.